The van der Waals surface area contributed by atoms with Crippen molar-refractivity contribution in [3.8, 4) is 11.5 Å². The Morgan fingerprint density at radius 2 is 2.11 bits per heavy atom. The van der Waals surface area contributed by atoms with Crippen molar-refractivity contribution in [2.75, 3.05) is 20.8 Å². The molecule has 0 saturated heterocycles. The minimum absolute atomic E-state index is 0.305. The molecule has 0 radical (unpaired) electrons. The molecule has 1 aromatic heterocycles. The molecule has 0 atom stereocenters. The molecule has 106 valence electrons. The van der Waals surface area contributed by atoms with Crippen LogP contribution >= 0.6 is 12.2 Å². The van der Waals surface area contributed by atoms with E-state index in [2.05, 4.69) is 23.7 Å². The Morgan fingerprint density at radius 3 is 2.58 bits per heavy atom. The third-order valence-corrected chi connectivity index (χ3v) is 2.94. The fraction of sp³-hybridized carbons (Fsp3) is 0.538. The predicted octanol–water partition coefficient (Wildman–Crippen LogP) is 1.60. The lowest BCUT2D eigenvalue weighted by Gasteiger charge is -2.26. The Labute approximate surface area is 119 Å². The van der Waals surface area contributed by atoms with Crippen LogP contribution in [0.1, 0.15) is 19.5 Å². The van der Waals surface area contributed by atoms with Crippen LogP contribution in [0, 0.1) is 0 Å². The smallest absolute Gasteiger partial charge is 0.183 e. The van der Waals surface area contributed by atoms with E-state index in [0.717, 1.165) is 5.69 Å². The molecule has 1 aromatic rings. The van der Waals surface area contributed by atoms with Gasteiger partial charge in [0.1, 0.15) is 5.69 Å². The van der Waals surface area contributed by atoms with Gasteiger partial charge in [0.15, 0.2) is 11.5 Å². The Morgan fingerprint density at radius 1 is 1.42 bits per heavy atom. The number of thiocarbonyl (C=S) groups is 1. The average molecular weight is 283 g/mol. The molecular formula is C13H21N3O2S. The molecule has 5 nitrogen and oxygen atoms in total. The minimum Gasteiger partial charge on any atom is -0.493 e. The Balaban J connectivity index is 2.98. The molecule has 0 aliphatic rings. The summed E-state index contributed by atoms with van der Waals surface area (Å²) in [4.78, 5) is 6.96. The van der Waals surface area contributed by atoms with Crippen LogP contribution in [-0.4, -0.2) is 41.7 Å². The number of hydrogen-bond acceptors (Lipinski definition) is 5. The lowest BCUT2D eigenvalue weighted by Crippen LogP contribution is -2.37. The van der Waals surface area contributed by atoms with Crippen molar-refractivity contribution in [3.05, 3.63) is 18.0 Å². The first-order valence-corrected chi connectivity index (χ1v) is 6.48. The third-order valence-electron chi connectivity index (χ3n) is 2.81. The topological polar surface area (TPSA) is 60.6 Å². The summed E-state index contributed by atoms with van der Waals surface area (Å²) in [6.45, 7) is 5.33. The number of pyridine rings is 1. The molecule has 0 aromatic carbocycles. The Kier molecular flexibility index (Phi) is 5.98. The molecule has 19 heavy (non-hydrogen) atoms. The third kappa shape index (κ3) is 4.33. The monoisotopic (exact) mass is 283 g/mol. The highest BCUT2D eigenvalue weighted by Gasteiger charge is 2.17. The maximum Gasteiger partial charge on any atom is 0.183 e. The number of methoxy groups -OCH3 is 2. The van der Waals surface area contributed by atoms with E-state index in [1.54, 1.807) is 26.5 Å². The van der Waals surface area contributed by atoms with Gasteiger partial charge >= 0.3 is 0 Å². The molecule has 0 fully saturated rings. The van der Waals surface area contributed by atoms with Gasteiger partial charge in [-0.1, -0.05) is 12.2 Å². The quantitative estimate of drug-likeness (QED) is 0.767. The maximum atomic E-state index is 5.62. The lowest BCUT2D eigenvalue weighted by molar-refractivity contribution is 0.236. The van der Waals surface area contributed by atoms with Crippen molar-refractivity contribution in [1.29, 1.82) is 0 Å². The van der Waals surface area contributed by atoms with Gasteiger partial charge in [0.2, 0.25) is 0 Å². The van der Waals surface area contributed by atoms with Crippen LogP contribution in [0.25, 0.3) is 0 Å². The number of aromatic nitrogens is 1. The van der Waals surface area contributed by atoms with Gasteiger partial charge in [-0.05, 0) is 13.8 Å². The van der Waals surface area contributed by atoms with Crippen molar-refractivity contribution < 1.29 is 9.47 Å². The zero-order chi connectivity index (χ0) is 14.4. The summed E-state index contributed by atoms with van der Waals surface area (Å²) < 4.78 is 10.6. The number of nitrogens with two attached hydrogens (primary N) is 1. The fourth-order valence-corrected chi connectivity index (χ4v) is 1.94. The van der Waals surface area contributed by atoms with Gasteiger partial charge in [0.05, 0.1) is 19.2 Å². The summed E-state index contributed by atoms with van der Waals surface area (Å²) in [6.07, 6.45) is 1.70. The van der Waals surface area contributed by atoms with Gasteiger partial charge in [-0.15, -0.1) is 0 Å². The van der Waals surface area contributed by atoms with Gasteiger partial charge in [0, 0.05) is 31.4 Å². The molecule has 1 heterocycles. The van der Waals surface area contributed by atoms with Gasteiger partial charge < -0.3 is 15.2 Å². The van der Waals surface area contributed by atoms with Crippen LogP contribution in [0.15, 0.2) is 12.3 Å². The highest BCUT2D eigenvalue weighted by atomic mass is 32.1. The van der Waals surface area contributed by atoms with Gasteiger partial charge in [-0.3, -0.25) is 9.88 Å². The highest BCUT2D eigenvalue weighted by Crippen LogP contribution is 2.29. The second-order valence-corrected chi connectivity index (χ2v) is 4.98. The van der Waals surface area contributed by atoms with Crippen molar-refractivity contribution in [2.45, 2.75) is 26.4 Å². The Hall–Kier alpha value is -1.40. The van der Waals surface area contributed by atoms with E-state index in [-0.39, 0.29) is 0 Å². The van der Waals surface area contributed by atoms with E-state index in [4.69, 9.17) is 27.4 Å². The number of hydrogen-bond donors (Lipinski definition) is 1. The zero-order valence-corrected chi connectivity index (χ0v) is 12.7. The normalized spacial score (nSPS) is 10.8. The van der Waals surface area contributed by atoms with Gasteiger partial charge in [0.25, 0.3) is 0 Å². The van der Waals surface area contributed by atoms with E-state index in [1.165, 1.54) is 0 Å². The first kappa shape index (κ1) is 15.7. The maximum absolute atomic E-state index is 5.62. The number of rotatable bonds is 7. The second kappa shape index (κ2) is 7.25. The lowest BCUT2D eigenvalue weighted by atomic mass is 10.2. The van der Waals surface area contributed by atoms with Crippen LogP contribution in [0.3, 0.4) is 0 Å². The molecule has 0 aliphatic carbocycles. The van der Waals surface area contributed by atoms with Crippen molar-refractivity contribution in [1.82, 2.24) is 9.88 Å². The molecule has 6 heteroatoms. The summed E-state index contributed by atoms with van der Waals surface area (Å²) in [7, 11) is 3.22. The second-order valence-electron chi connectivity index (χ2n) is 4.46. The average Bonchev–Trinajstić information content (AvgIpc) is 2.36. The molecule has 0 saturated carbocycles. The van der Waals surface area contributed by atoms with E-state index >= 15 is 0 Å². The first-order valence-electron chi connectivity index (χ1n) is 6.07. The van der Waals surface area contributed by atoms with Crippen LogP contribution in [0.2, 0.25) is 0 Å². The van der Waals surface area contributed by atoms with Crippen LogP contribution in [0.4, 0.5) is 0 Å². The number of ether oxygens (including phenoxy) is 2. The van der Waals surface area contributed by atoms with E-state index < -0.39 is 0 Å². The zero-order valence-electron chi connectivity index (χ0n) is 11.8. The minimum atomic E-state index is 0.305. The standard InChI is InChI=1S/C13H21N3O2S/c1-9(2)16(8-12(14)19)7-10-13(18-4)11(17-3)5-6-15-10/h5-6,9H,7-8H2,1-4H3,(H2,14,19). The predicted molar refractivity (Wildman–Crippen MR) is 79.7 cm³/mol. The largest absolute Gasteiger partial charge is 0.493 e. The number of nitrogens with zero attached hydrogens (tertiary/aromatic N) is 2. The summed E-state index contributed by atoms with van der Waals surface area (Å²) >= 11 is 4.98. The molecule has 2 N–H and O–H groups in total. The first-order chi connectivity index (χ1) is 8.99. The van der Waals surface area contributed by atoms with Crippen LogP contribution in [0.5, 0.6) is 11.5 Å². The van der Waals surface area contributed by atoms with E-state index in [0.29, 0.717) is 35.6 Å². The molecule has 0 unspecified atom stereocenters. The summed E-state index contributed by atoms with van der Waals surface area (Å²) in [5, 5.41) is 0. The fourth-order valence-electron chi connectivity index (χ4n) is 1.78. The van der Waals surface area contributed by atoms with Crippen molar-refractivity contribution in [2.24, 2.45) is 5.73 Å². The summed E-state index contributed by atoms with van der Waals surface area (Å²) in [5.74, 6) is 1.32. The summed E-state index contributed by atoms with van der Waals surface area (Å²) in [6, 6.07) is 2.08. The molecule has 0 aliphatic heterocycles. The SMILES string of the molecule is COc1ccnc(CN(CC(N)=S)C(C)C)c1OC. The van der Waals surface area contributed by atoms with E-state index in [9.17, 15) is 0 Å². The van der Waals surface area contributed by atoms with Gasteiger partial charge in [-0.2, -0.15) is 0 Å². The molecular weight excluding hydrogens is 262 g/mol. The molecule has 0 bridgehead atoms. The van der Waals surface area contributed by atoms with Gasteiger partial charge in [-0.25, -0.2) is 0 Å². The molecule has 0 amide bonds. The molecule has 0 spiro atoms. The van der Waals surface area contributed by atoms with Crippen molar-refractivity contribution in [3.63, 3.8) is 0 Å². The highest BCUT2D eigenvalue weighted by molar-refractivity contribution is 7.80. The Bertz CT molecular complexity index is 438. The van der Waals surface area contributed by atoms with Crippen molar-refractivity contribution >= 4 is 17.2 Å². The van der Waals surface area contributed by atoms with E-state index in [1.807, 2.05) is 0 Å². The summed E-state index contributed by atoms with van der Waals surface area (Å²) in [5.41, 5.74) is 6.44. The van der Waals surface area contributed by atoms with Crippen LogP contribution < -0.4 is 15.2 Å². The van der Waals surface area contributed by atoms with Crippen LogP contribution in [-0.2, 0) is 6.54 Å². The molecule has 1 rings (SSSR count).